The van der Waals surface area contributed by atoms with Gasteiger partial charge in [0.05, 0.1) is 19.2 Å². The molecule has 2 aromatic rings. The molecule has 0 aliphatic carbocycles. The third kappa shape index (κ3) is 4.57. The van der Waals surface area contributed by atoms with Crippen molar-refractivity contribution in [2.75, 3.05) is 20.3 Å². The van der Waals surface area contributed by atoms with Crippen molar-refractivity contribution >= 4 is 11.9 Å². The number of hydrogen-bond donors (Lipinski definition) is 1. The molecule has 1 N–H and O–H groups in total. The largest absolute Gasteiger partial charge is 0.492 e. The number of carbonyl (C=O) groups is 2. The highest BCUT2D eigenvalue weighted by molar-refractivity contribution is 5.95. The Hall–Kier alpha value is -2.82. The van der Waals surface area contributed by atoms with Crippen LogP contribution < -0.4 is 10.1 Å². The first-order valence-electron chi connectivity index (χ1n) is 7.27. The Labute approximate surface area is 135 Å². The molecule has 1 amide bonds. The maximum Gasteiger partial charge on any atom is 0.337 e. The summed E-state index contributed by atoms with van der Waals surface area (Å²) in [5.41, 5.74) is 2.06. The Morgan fingerprint density at radius 2 is 1.74 bits per heavy atom. The van der Waals surface area contributed by atoms with Crippen molar-refractivity contribution in [2.24, 2.45) is 0 Å². The van der Waals surface area contributed by atoms with Crippen molar-refractivity contribution in [1.82, 2.24) is 5.32 Å². The molecule has 2 rings (SSSR count). The zero-order chi connectivity index (χ0) is 16.7. The van der Waals surface area contributed by atoms with Crippen LogP contribution in [0.25, 0.3) is 0 Å². The van der Waals surface area contributed by atoms with Gasteiger partial charge in [0.15, 0.2) is 0 Å². The summed E-state index contributed by atoms with van der Waals surface area (Å²) in [6.45, 7) is 2.63. The average Bonchev–Trinajstić information content (AvgIpc) is 2.58. The van der Waals surface area contributed by atoms with Crippen molar-refractivity contribution in [3.05, 3.63) is 65.2 Å². The number of methoxy groups -OCH3 is 1. The van der Waals surface area contributed by atoms with Gasteiger partial charge >= 0.3 is 5.97 Å². The fraction of sp³-hybridized carbons (Fsp3) is 0.222. The van der Waals surface area contributed by atoms with Crippen LogP contribution in [-0.2, 0) is 4.74 Å². The van der Waals surface area contributed by atoms with Crippen LogP contribution in [0.3, 0.4) is 0 Å². The molecule has 0 spiro atoms. The lowest BCUT2D eigenvalue weighted by Crippen LogP contribution is -2.28. The van der Waals surface area contributed by atoms with Gasteiger partial charge in [-0.2, -0.15) is 0 Å². The molecule has 0 aliphatic heterocycles. The van der Waals surface area contributed by atoms with Crippen LogP contribution in [0.15, 0.2) is 48.5 Å². The van der Waals surface area contributed by atoms with E-state index < -0.39 is 0 Å². The Morgan fingerprint density at radius 3 is 2.39 bits per heavy atom. The molecule has 0 bridgehead atoms. The number of esters is 1. The van der Waals surface area contributed by atoms with Crippen LogP contribution in [0.1, 0.15) is 26.3 Å². The molecule has 120 valence electrons. The van der Waals surface area contributed by atoms with Crippen molar-refractivity contribution in [1.29, 1.82) is 0 Å². The van der Waals surface area contributed by atoms with Gasteiger partial charge in [-0.1, -0.05) is 18.2 Å². The molecule has 5 heteroatoms. The van der Waals surface area contributed by atoms with Gasteiger partial charge < -0.3 is 14.8 Å². The van der Waals surface area contributed by atoms with Crippen molar-refractivity contribution < 1.29 is 19.1 Å². The number of benzene rings is 2. The van der Waals surface area contributed by atoms with Crippen molar-refractivity contribution in [3.63, 3.8) is 0 Å². The van der Waals surface area contributed by atoms with E-state index in [4.69, 9.17) is 4.74 Å². The maximum absolute atomic E-state index is 12.0. The lowest BCUT2D eigenvalue weighted by Gasteiger charge is -2.09. The van der Waals surface area contributed by atoms with Crippen molar-refractivity contribution in [2.45, 2.75) is 6.92 Å². The number of ether oxygens (including phenoxy) is 2. The van der Waals surface area contributed by atoms with E-state index in [1.54, 1.807) is 30.3 Å². The van der Waals surface area contributed by atoms with Crippen molar-refractivity contribution in [3.8, 4) is 5.75 Å². The Morgan fingerprint density at radius 1 is 1.04 bits per heavy atom. The summed E-state index contributed by atoms with van der Waals surface area (Å²) < 4.78 is 10.1. The Balaban J connectivity index is 1.78. The first kappa shape index (κ1) is 16.5. The Kier molecular flexibility index (Phi) is 5.74. The van der Waals surface area contributed by atoms with E-state index in [0.717, 1.165) is 5.56 Å². The van der Waals surface area contributed by atoms with Gasteiger partial charge in [-0.15, -0.1) is 0 Å². The molecule has 5 nitrogen and oxygen atoms in total. The van der Waals surface area contributed by atoms with Gasteiger partial charge in [0.25, 0.3) is 5.91 Å². The molecule has 0 heterocycles. The molecule has 2 aromatic carbocycles. The standard InChI is InChI=1S/C18H19NO4/c1-13-5-3-4-6-16(13)17(20)19-11-12-23-15-9-7-14(8-10-15)18(21)22-2/h3-10H,11-12H2,1-2H3,(H,19,20). The van der Waals surface area contributed by atoms with E-state index in [9.17, 15) is 9.59 Å². The minimum absolute atomic E-state index is 0.118. The van der Waals surface area contributed by atoms with E-state index >= 15 is 0 Å². The van der Waals surface area contributed by atoms with E-state index in [1.165, 1.54) is 7.11 Å². The van der Waals surface area contributed by atoms with Gasteiger partial charge in [0, 0.05) is 5.56 Å². The minimum atomic E-state index is -0.387. The molecule has 0 aliphatic rings. The number of rotatable bonds is 6. The lowest BCUT2D eigenvalue weighted by atomic mass is 10.1. The number of amides is 1. The second-order valence-electron chi connectivity index (χ2n) is 4.94. The highest BCUT2D eigenvalue weighted by atomic mass is 16.5. The first-order chi connectivity index (χ1) is 11.1. The number of nitrogens with one attached hydrogen (secondary N) is 1. The molecule has 0 saturated carbocycles. The Bertz CT molecular complexity index is 680. The molecule has 0 unspecified atom stereocenters. The van der Waals surface area contributed by atoms with Crippen LogP contribution in [0.5, 0.6) is 5.75 Å². The number of carbonyl (C=O) groups excluding carboxylic acids is 2. The maximum atomic E-state index is 12.0. The van der Waals surface area contributed by atoms with Crippen LogP contribution in [0, 0.1) is 6.92 Å². The fourth-order valence-corrected chi connectivity index (χ4v) is 2.06. The zero-order valence-electron chi connectivity index (χ0n) is 13.2. The molecule has 0 fully saturated rings. The van der Waals surface area contributed by atoms with Gasteiger partial charge in [0.2, 0.25) is 0 Å². The first-order valence-corrected chi connectivity index (χ1v) is 7.27. The molecule has 0 saturated heterocycles. The van der Waals surface area contributed by atoms with Crippen LogP contribution in [0.2, 0.25) is 0 Å². The summed E-state index contributed by atoms with van der Waals surface area (Å²) in [7, 11) is 1.34. The monoisotopic (exact) mass is 313 g/mol. The molecular formula is C18H19NO4. The van der Waals surface area contributed by atoms with Crippen LogP contribution in [-0.4, -0.2) is 32.1 Å². The normalized spacial score (nSPS) is 10.0. The second kappa shape index (κ2) is 7.98. The third-order valence-electron chi connectivity index (χ3n) is 3.32. The summed E-state index contributed by atoms with van der Waals surface area (Å²) in [5, 5.41) is 2.81. The smallest absolute Gasteiger partial charge is 0.337 e. The van der Waals surface area contributed by atoms with Gasteiger partial charge in [-0.3, -0.25) is 4.79 Å². The van der Waals surface area contributed by atoms with Gasteiger partial charge in [-0.05, 0) is 42.8 Å². The number of aryl methyl sites for hydroxylation is 1. The lowest BCUT2D eigenvalue weighted by molar-refractivity contribution is 0.0600. The summed E-state index contributed by atoms with van der Waals surface area (Å²) in [6.07, 6.45) is 0. The van der Waals surface area contributed by atoms with E-state index in [1.807, 2.05) is 25.1 Å². The van der Waals surface area contributed by atoms with Gasteiger partial charge in [-0.25, -0.2) is 4.79 Å². The third-order valence-corrected chi connectivity index (χ3v) is 3.32. The van der Waals surface area contributed by atoms with Crippen LogP contribution >= 0.6 is 0 Å². The molecule has 23 heavy (non-hydrogen) atoms. The highest BCUT2D eigenvalue weighted by Gasteiger charge is 2.07. The minimum Gasteiger partial charge on any atom is -0.492 e. The van der Waals surface area contributed by atoms with Crippen LogP contribution in [0.4, 0.5) is 0 Å². The topological polar surface area (TPSA) is 64.6 Å². The summed E-state index contributed by atoms with van der Waals surface area (Å²) in [4.78, 5) is 23.3. The summed E-state index contributed by atoms with van der Waals surface area (Å²) in [5.74, 6) is 0.123. The van der Waals surface area contributed by atoms with E-state index in [-0.39, 0.29) is 11.9 Å². The SMILES string of the molecule is COC(=O)c1ccc(OCCNC(=O)c2ccccc2C)cc1. The predicted molar refractivity (Wildman–Crippen MR) is 86.8 cm³/mol. The molecule has 0 radical (unpaired) electrons. The second-order valence-corrected chi connectivity index (χ2v) is 4.94. The van der Waals surface area contributed by atoms with E-state index in [0.29, 0.717) is 30.0 Å². The molecule has 0 atom stereocenters. The zero-order valence-corrected chi connectivity index (χ0v) is 13.2. The summed E-state index contributed by atoms with van der Waals surface area (Å²) >= 11 is 0. The molecular weight excluding hydrogens is 294 g/mol. The average molecular weight is 313 g/mol. The highest BCUT2D eigenvalue weighted by Crippen LogP contribution is 2.12. The fourth-order valence-electron chi connectivity index (χ4n) is 2.06. The number of hydrogen-bond acceptors (Lipinski definition) is 4. The predicted octanol–water partition coefficient (Wildman–Crippen LogP) is 2.59. The summed E-state index contributed by atoms with van der Waals surface area (Å²) in [6, 6.07) is 14.1. The quantitative estimate of drug-likeness (QED) is 0.657. The molecule has 0 aromatic heterocycles. The van der Waals surface area contributed by atoms with E-state index in [2.05, 4.69) is 10.1 Å². The van der Waals surface area contributed by atoms with Gasteiger partial charge in [0.1, 0.15) is 12.4 Å².